The molecule has 0 amide bonds. The van der Waals surface area contributed by atoms with Crippen LogP contribution in [0.5, 0.6) is 0 Å². The largest absolute Gasteiger partial charge is 0.313 e. The lowest BCUT2D eigenvalue weighted by Gasteiger charge is -2.26. The Labute approximate surface area is 123 Å². The van der Waals surface area contributed by atoms with Gasteiger partial charge in [-0.15, -0.1) is 0 Å². The first kappa shape index (κ1) is 14.1. The summed E-state index contributed by atoms with van der Waals surface area (Å²) >= 11 is 0. The Balaban J connectivity index is 1.57. The summed E-state index contributed by atoms with van der Waals surface area (Å²) in [6, 6.07) is 8.27. The molecule has 1 fully saturated rings. The molecule has 1 heterocycles. The van der Waals surface area contributed by atoms with Crippen LogP contribution in [0.1, 0.15) is 61.8 Å². The first-order chi connectivity index (χ1) is 9.83. The summed E-state index contributed by atoms with van der Waals surface area (Å²) in [5.74, 6) is 0. The molecule has 110 valence electrons. The van der Waals surface area contributed by atoms with Crippen LogP contribution in [0.3, 0.4) is 0 Å². The van der Waals surface area contributed by atoms with E-state index >= 15 is 0 Å². The predicted molar refractivity (Wildman–Crippen MR) is 85.1 cm³/mol. The molecular weight excluding hydrogens is 244 g/mol. The third kappa shape index (κ3) is 3.42. The van der Waals surface area contributed by atoms with Gasteiger partial charge in [-0.05, 0) is 68.7 Å². The van der Waals surface area contributed by atoms with Gasteiger partial charge < -0.3 is 10.6 Å². The molecular formula is C18H28N2. The fraction of sp³-hybridized carbons (Fsp3) is 0.667. The van der Waals surface area contributed by atoms with Crippen molar-refractivity contribution in [2.24, 2.45) is 0 Å². The highest BCUT2D eigenvalue weighted by atomic mass is 15.0. The summed E-state index contributed by atoms with van der Waals surface area (Å²) in [7, 11) is 0. The van der Waals surface area contributed by atoms with Crippen molar-refractivity contribution in [2.75, 3.05) is 13.1 Å². The molecule has 2 heteroatoms. The monoisotopic (exact) mass is 272 g/mol. The van der Waals surface area contributed by atoms with Crippen LogP contribution in [0.4, 0.5) is 0 Å². The van der Waals surface area contributed by atoms with Gasteiger partial charge in [0.15, 0.2) is 0 Å². The number of nitrogens with one attached hydrogen (secondary N) is 2. The van der Waals surface area contributed by atoms with Gasteiger partial charge in [0.2, 0.25) is 0 Å². The van der Waals surface area contributed by atoms with Crippen molar-refractivity contribution in [3.05, 3.63) is 34.9 Å². The molecule has 2 unspecified atom stereocenters. The van der Waals surface area contributed by atoms with E-state index in [2.05, 4.69) is 35.8 Å². The van der Waals surface area contributed by atoms with Crippen molar-refractivity contribution in [3.63, 3.8) is 0 Å². The highest BCUT2D eigenvalue weighted by Crippen LogP contribution is 2.24. The van der Waals surface area contributed by atoms with Gasteiger partial charge in [-0.2, -0.15) is 0 Å². The van der Waals surface area contributed by atoms with E-state index in [9.17, 15) is 0 Å². The average molecular weight is 272 g/mol. The van der Waals surface area contributed by atoms with Crippen LogP contribution in [0.2, 0.25) is 0 Å². The maximum atomic E-state index is 3.71. The Kier molecular flexibility index (Phi) is 4.74. The molecule has 2 nitrogen and oxygen atoms in total. The molecule has 1 aromatic rings. The highest BCUT2D eigenvalue weighted by Gasteiger charge is 2.15. The van der Waals surface area contributed by atoms with Crippen molar-refractivity contribution >= 4 is 0 Å². The van der Waals surface area contributed by atoms with Gasteiger partial charge in [-0.1, -0.05) is 24.6 Å². The number of benzene rings is 1. The molecule has 0 aromatic heterocycles. The van der Waals surface area contributed by atoms with Crippen LogP contribution < -0.4 is 10.6 Å². The number of piperidine rings is 1. The second-order valence-electron chi connectivity index (χ2n) is 6.51. The third-order valence-corrected chi connectivity index (χ3v) is 4.96. The van der Waals surface area contributed by atoms with E-state index in [1.54, 1.807) is 11.1 Å². The Morgan fingerprint density at radius 2 is 2.00 bits per heavy atom. The number of hydrogen-bond donors (Lipinski definition) is 2. The topological polar surface area (TPSA) is 24.1 Å². The minimum atomic E-state index is 0.464. The molecule has 1 aromatic carbocycles. The summed E-state index contributed by atoms with van der Waals surface area (Å²) in [6.45, 7) is 4.59. The summed E-state index contributed by atoms with van der Waals surface area (Å²) in [4.78, 5) is 0. The van der Waals surface area contributed by atoms with Gasteiger partial charge in [-0.3, -0.25) is 0 Å². The molecule has 0 bridgehead atoms. The first-order valence-electron chi connectivity index (χ1n) is 8.41. The molecule has 2 N–H and O–H groups in total. The zero-order chi connectivity index (χ0) is 13.8. The second-order valence-corrected chi connectivity index (χ2v) is 6.51. The smallest absolute Gasteiger partial charge is 0.0292 e. The molecule has 1 aliphatic carbocycles. The summed E-state index contributed by atoms with van der Waals surface area (Å²) < 4.78 is 0. The highest BCUT2D eigenvalue weighted by molar-refractivity contribution is 5.35. The van der Waals surface area contributed by atoms with E-state index in [0.717, 1.165) is 6.54 Å². The van der Waals surface area contributed by atoms with Crippen molar-refractivity contribution < 1.29 is 0 Å². The Bertz CT molecular complexity index is 435. The van der Waals surface area contributed by atoms with Gasteiger partial charge in [0.1, 0.15) is 0 Å². The van der Waals surface area contributed by atoms with Crippen molar-refractivity contribution in [1.82, 2.24) is 10.6 Å². The van der Waals surface area contributed by atoms with Crippen LogP contribution in [0.25, 0.3) is 0 Å². The molecule has 20 heavy (non-hydrogen) atoms. The summed E-state index contributed by atoms with van der Waals surface area (Å²) in [5, 5.41) is 7.33. The van der Waals surface area contributed by atoms with E-state index in [4.69, 9.17) is 0 Å². The molecule has 2 atom stereocenters. The average Bonchev–Trinajstić information content (AvgIpc) is 2.53. The van der Waals surface area contributed by atoms with Crippen LogP contribution in [0, 0.1) is 0 Å². The number of hydrogen-bond acceptors (Lipinski definition) is 2. The van der Waals surface area contributed by atoms with Crippen molar-refractivity contribution in [3.8, 4) is 0 Å². The molecule has 0 saturated carbocycles. The zero-order valence-corrected chi connectivity index (χ0v) is 12.8. The fourth-order valence-corrected chi connectivity index (χ4v) is 3.56. The van der Waals surface area contributed by atoms with E-state index < -0.39 is 0 Å². The Morgan fingerprint density at radius 3 is 2.80 bits per heavy atom. The van der Waals surface area contributed by atoms with Crippen LogP contribution in [-0.2, 0) is 12.8 Å². The standard InChI is InChI=1S/C18H28N2/c1-14(20-13-18-8-4-5-11-19-18)16-10-9-15-6-2-3-7-17(15)12-16/h9-10,12,14,18-20H,2-8,11,13H2,1H3. The molecule has 3 rings (SSSR count). The van der Waals surface area contributed by atoms with E-state index in [1.807, 2.05) is 0 Å². The fourth-order valence-electron chi connectivity index (χ4n) is 3.56. The van der Waals surface area contributed by atoms with Crippen LogP contribution in [-0.4, -0.2) is 19.1 Å². The van der Waals surface area contributed by atoms with E-state index in [1.165, 1.54) is 57.1 Å². The minimum Gasteiger partial charge on any atom is -0.313 e. The minimum absolute atomic E-state index is 0.464. The van der Waals surface area contributed by atoms with Crippen molar-refractivity contribution in [2.45, 2.75) is 64.0 Å². The van der Waals surface area contributed by atoms with Crippen LogP contribution in [0.15, 0.2) is 18.2 Å². The lowest BCUT2D eigenvalue weighted by molar-refractivity contribution is 0.371. The molecule has 0 radical (unpaired) electrons. The number of fused-ring (bicyclic) bond motifs is 1. The second kappa shape index (κ2) is 6.73. The van der Waals surface area contributed by atoms with Crippen molar-refractivity contribution in [1.29, 1.82) is 0 Å². The first-order valence-corrected chi connectivity index (χ1v) is 8.41. The van der Waals surface area contributed by atoms with E-state index in [-0.39, 0.29) is 0 Å². The maximum Gasteiger partial charge on any atom is 0.0292 e. The third-order valence-electron chi connectivity index (χ3n) is 4.96. The molecule has 2 aliphatic rings. The van der Waals surface area contributed by atoms with Gasteiger partial charge in [-0.25, -0.2) is 0 Å². The molecule has 1 saturated heterocycles. The Hall–Kier alpha value is -0.860. The van der Waals surface area contributed by atoms with Gasteiger partial charge in [0.05, 0.1) is 0 Å². The van der Waals surface area contributed by atoms with Gasteiger partial charge in [0.25, 0.3) is 0 Å². The normalized spacial score (nSPS) is 24.1. The molecule has 1 aliphatic heterocycles. The summed E-state index contributed by atoms with van der Waals surface area (Å²) in [5.41, 5.74) is 4.64. The number of rotatable bonds is 4. The maximum absolute atomic E-state index is 3.71. The van der Waals surface area contributed by atoms with Gasteiger partial charge in [0, 0.05) is 18.6 Å². The molecule has 0 spiro atoms. The zero-order valence-electron chi connectivity index (χ0n) is 12.8. The van der Waals surface area contributed by atoms with Crippen LogP contribution >= 0.6 is 0 Å². The quantitative estimate of drug-likeness (QED) is 0.878. The number of aryl methyl sites for hydroxylation is 2. The lowest BCUT2D eigenvalue weighted by Crippen LogP contribution is -2.42. The SMILES string of the molecule is CC(NCC1CCCCN1)c1ccc2c(c1)CCCC2. The summed E-state index contributed by atoms with van der Waals surface area (Å²) in [6.07, 6.45) is 9.34. The predicted octanol–water partition coefficient (Wildman–Crippen LogP) is 3.36. The van der Waals surface area contributed by atoms with Gasteiger partial charge >= 0.3 is 0 Å². The van der Waals surface area contributed by atoms with E-state index in [0.29, 0.717) is 12.1 Å². The lowest BCUT2D eigenvalue weighted by atomic mass is 9.89. The Morgan fingerprint density at radius 1 is 1.15 bits per heavy atom.